The molecule has 1 unspecified atom stereocenters. The Kier molecular flexibility index (Phi) is 6.82. The van der Waals surface area contributed by atoms with Crippen LogP contribution in [0.25, 0.3) is 10.8 Å². The maximum Gasteiger partial charge on any atom is 0.253 e. The molecule has 2 saturated heterocycles. The largest absolute Gasteiger partial charge is 0.379 e. The highest BCUT2D eigenvalue weighted by molar-refractivity contribution is 5.94. The number of nitrogens with zero attached hydrogens (tertiary/aromatic N) is 3. The van der Waals surface area contributed by atoms with Crippen molar-refractivity contribution in [2.75, 3.05) is 39.4 Å². The summed E-state index contributed by atoms with van der Waals surface area (Å²) in [7, 11) is 0. The van der Waals surface area contributed by atoms with Gasteiger partial charge in [-0.05, 0) is 48.4 Å². The molecule has 0 saturated carbocycles. The van der Waals surface area contributed by atoms with Gasteiger partial charge in [-0.1, -0.05) is 43.3 Å². The Hall–Kier alpha value is -3.25. The first-order valence-electron chi connectivity index (χ1n) is 12.6. The predicted octanol–water partition coefficient (Wildman–Crippen LogP) is 4.19. The monoisotopic (exact) mass is 471 g/mol. The Labute approximate surface area is 206 Å². The van der Waals surface area contributed by atoms with Gasteiger partial charge in [0, 0.05) is 60.9 Å². The zero-order valence-corrected chi connectivity index (χ0v) is 20.4. The average molecular weight is 472 g/mol. The third-order valence-corrected chi connectivity index (χ3v) is 7.60. The summed E-state index contributed by atoms with van der Waals surface area (Å²) in [5.41, 5.74) is 1.50. The highest BCUT2D eigenvalue weighted by Gasteiger charge is 2.41. The first kappa shape index (κ1) is 23.5. The zero-order chi connectivity index (χ0) is 24.3. The maximum absolute atomic E-state index is 13.7. The van der Waals surface area contributed by atoms with E-state index in [9.17, 15) is 9.59 Å². The topological polar surface area (TPSA) is 62.7 Å². The number of hydrogen-bond donors (Lipinski definition) is 0. The summed E-state index contributed by atoms with van der Waals surface area (Å²) < 4.78 is 5.93. The number of rotatable bonds is 4. The molecule has 35 heavy (non-hydrogen) atoms. The van der Waals surface area contributed by atoms with Gasteiger partial charge >= 0.3 is 0 Å². The summed E-state index contributed by atoms with van der Waals surface area (Å²) in [6.45, 7) is 5.80. The van der Waals surface area contributed by atoms with Crippen LogP contribution in [0.3, 0.4) is 0 Å². The van der Waals surface area contributed by atoms with Crippen LogP contribution in [-0.4, -0.2) is 66.0 Å². The number of benzene rings is 2. The fourth-order valence-electron chi connectivity index (χ4n) is 5.42. The number of piperidine rings is 1. The number of hydrogen-bond acceptors (Lipinski definition) is 4. The highest BCUT2D eigenvalue weighted by atomic mass is 16.5. The summed E-state index contributed by atoms with van der Waals surface area (Å²) in [5, 5.41) is 2.35. The molecule has 0 N–H and O–H groups in total. The van der Waals surface area contributed by atoms with Crippen molar-refractivity contribution in [2.24, 2.45) is 11.3 Å². The van der Waals surface area contributed by atoms with Gasteiger partial charge in [0.1, 0.15) is 0 Å². The lowest BCUT2D eigenvalue weighted by Gasteiger charge is -2.41. The number of carbonyl (C=O) groups is 2. The first-order valence-corrected chi connectivity index (χ1v) is 12.6. The summed E-state index contributed by atoms with van der Waals surface area (Å²) in [6, 6.07) is 17.8. The molecule has 0 bridgehead atoms. The molecule has 3 heterocycles. The van der Waals surface area contributed by atoms with Crippen LogP contribution < -0.4 is 0 Å². The van der Waals surface area contributed by atoms with E-state index in [0.29, 0.717) is 57.8 Å². The quantitative estimate of drug-likeness (QED) is 0.572. The zero-order valence-electron chi connectivity index (χ0n) is 20.4. The van der Waals surface area contributed by atoms with E-state index in [1.165, 1.54) is 16.3 Å². The van der Waals surface area contributed by atoms with E-state index in [0.717, 1.165) is 6.42 Å². The second kappa shape index (κ2) is 10.2. The molecule has 2 aliphatic rings. The van der Waals surface area contributed by atoms with Crippen LogP contribution in [0.15, 0.2) is 67.0 Å². The molecule has 6 heteroatoms. The van der Waals surface area contributed by atoms with Gasteiger partial charge in [-0.15, -0.1) is 0 Å². The molecule has 0 radical (unpaired) electrons. The van der Waals surface area contributed by atoms with Crippen LogP contribution >= 0.6 is 0 Å². The van der Waals surface area contributed by atoms with Crippen molar-refractivity contribution in [3.63, 3.8) is 0 Å². The van der Waals surface area contributed by atoms with Crippen molar-refractivity contribution in [3.05, 3.63) is 78.1 Å². The average Bonchev–Trinajstić information content (AvgIpc) is 3.14. The Morgan fingerprint density at radius 2 is 1.80 bits per heavy atom. The van der Waals surface area contributed by atoms with Gasteiger partial charge in [-0.2, -0.15) is 0 Å². The Bertz CT molecular complexity index is 1180. The number of amides is 2. The molecule has 3 aromatic rings. The van der Waals surface area contributed by atoms with Crippen LogP contribution in [0.4, 0.5) is 0 Å². The van der Waals surface area contributed by atoms with Crippen LogP contribution in [-0.2, 0) is 16.0 Å². The number of likely N-dealkylation sites (tertiary alicyclic amines) is 1. The standard InChI is InChI=1S/C29H33N3O3/c1-29(11-14-31(15-12-29)27(33)24-6-3-2-4-7-24)28(34)32-16-17-35-21-22(20-32)18-25-9-5-8-23-10-13-30-19-26(23)25/h2-10,13,19,22H,11-12,14-18,20-21H2,1H3. The van der Waals surface area contributed by atoms with E-state index in [4.69, 9.17) is 4.74 Å². The van der Waals surface area contributed by atoms with Crippen molar-refractivity contribution in [1.82, 2.24) is 14.8 Å². The van der Waals surface area contributed by atoms with Gasteiger partial charge in [-0.25, -0.2) is 0 Å². The van der Waals surface area contributed by atoms with E-state index in [1.807, 2.05) is 58.6 Å². The number of aromatic nitrogens is 1. The number of pyridine rings is 1. The predicted molar refractivity (Wildman–Crippen MR) is 136 cm³/mol. The molecule has 0 aliphatic carbocycles. The minimum absolute atomic E-state index is 0.0490. The highest BCUT2D eigenvalue weighted by Crippen LogP contribution is 2.34. The van der Waals surface area contributed by atoms with Gasteiger partial charge in [0.15, 0.2) is 0 Å². The molecule has 2 fully saturated rings. The van der Waals surface area contributed by atoms with Gasteiger partial charge in [-0.3, -0.25) is 14.6 Å². The molecule has 1 aromatic heterocycles. The van der Waals surface area contributed by atoms with Crippen molar-refractivity contribution in [3.8, 4) is 0 Å². The van der Waals surface area contributed by atoms with E-state index in [2.05, 4.69) is 30.1 Å². The van der Waals surface area contributed by atoms with Gasteiger partial charge in [0.2, 0.25) is 5.91 Å². The molecule has 5 rings (SSSR count). The van der Waals surface area contributed by atoms with Crippen molar-refractivity contribution in [2.45, 2.75) is 26.2 Å². The fourth-order valence-corrected chi connectivity index (χ4v) is 5.42. The second-order valence-electron chi connectivity index (χ2n) is 10.1. The molecule has 182 valence electrons. The summed E-state index contributed by atoms with van der Waals surface area (Å²) in [4.78, 5) is 34.8. The number of carbonyl (C=O) groups excluding carboxylic acids is 2. The van der Waals surface area contributed by atoms with E-state index >= 15 is 0 Å². The van der Waals surface area contributed by atoms with Crippen molar-refractivity contribution in [1.29, 1.82) is 0 Å². The van der Waals surface area contributed by atoms with E-state index in [-0.39, 0.29) is 17.7 Å². The lowest BCUT2D eigenvalue weighted by atomic mass is 9.78. The maximum atomic E-state index is 13.7. The van der Waals surface area contributed by atoms with Crippen molar-refractivity contribution < 1.29 is 14.3 Å². The summed E-state index contributed by atoms with van der Waals surface area (Å²) >= 11 is 0. The third-order valence-electron chi connectivity index (χ3n) is 7.60. The Morgan fingerprint density at radius 1 is 1.00 bits per heavy atom. The Morgan fingerprint density at radius 3 is 2.60 bits per heavy atom. The van der Waals surface area contributed by atoms with Gasteiger partial charge < -0.3 is 14.5 Å². The summed E-state index contributed by atoms with van der Waals surface area (Å²) in [6.07, 6.45) is 5.96. The molecule has 2 amide bonds. The molecule has 2 aromatic carbocycles. The molecular formula is C29H33N3O3. The lowest BCUT2D eigenvalue weighted by Crippen LogP contribution is -2.51. The molecule has 6 nitrogen and oxygen atoms in total. The lowest BCUT2D eigenvalue weighted by molar-refractivity contribution is -0.144. The normalized spacial score (nSPS) is 20.4. The fraction of sp³-hybridized carbons (Fsp3) is 0.414. The van der Waals surface area contributed by atoms with Crippen molar-refractivity contribution >= 4 is 22.6 Å². The second-order valence-corrected chi connectivity index (χ2v) is 10.1. The molecule has 0 spiro atoms. The number of fused-ring (bicyclic) bond motifs is 1. The van der Waals surface area contributed by atoms with E-state index < -0.39 is 5.41 Å². The first-order chi connectivity index (χ1) is 17.0. The van der Waals surface area contributed by atoms with Crippen LogP contribution in [0.2, 0.25) is 0 Å². The van der Waals surface area contributed by atoms with Crippen LogP contribution in [0, 0.1) is 11.3 Å². The van der Waals surface area contributed by atoms with Gasteiger partial charge in [0.05, 0.1) is 13.2 Å². The Balaban J connectivity index is 1.24. The van der Waals surface area contributed by atoms with Crippen LogP contribution in [0.5, 0.6) is 0 Å². The SMILES string of the molecule is CC1(C(=O)N2CCOCC(Cc3cccc4ccncc34)C2)CCN(C(=O)c2ccccc2)CC1. The smallest absolute Gasteiger partial charge is 0.253 e. The van der Waals surface area contributed by atoms with Crippen LogP contribution in [0.1, 0.15) is 35.7 Å². The molecule has 1 atom stereocenters. The minimum Gasteiger partial charge on any atom is -0.379 e. The molecular weight excluding hydrogens is 438 g/mol. The molecule has 2 aliphatic heterocycles. The van der Waals surface area contributed by atoms with Gasteiger partial charge in [0.25, 0.3) is 5.91 Å². The minimum atomic E-state index is -0.453. The summed E-state index contributed by atoms with van der Waals surface area (Å²) in [5.74, 6) is 0.475. The third kappa shape index (κ3) is 5.08. The number of ether oxygens (including phenoxy) is 1. The van der Waals surface area contributed by atoms with E-state index in [1.54, 1.807) is 0 Å².